The van der Waals surface area contributed by atoms with Crippen molar-refractivity contribution in [1.82, 2.24) is 19.9 Å². The molecule has 2 fully saturated rings. The Bertz CT molecular complexity index is 566. The number of likely N-dealkylation sites (tertiary alicyclic amines) is 1. The molecule has 1 atom stereocenters. The first kappa shape index (κ1) is 18.4. The van der Waals surface area contributed by atoms with E-state index in [1.807, 2.05) is 4.68 Å². The zero-order valence-electron chi connectivity index (χ0n) is 16.2. The van der Waals surface area contributed by atoms with Crippen LogP contribution in [-0.2, 0) is 16.8 Å². The van der Waals surface area contributed by atoms with Crippen LogP contribution in [0.25, 0.3) is 0 Å². The SMILES string of the molecule is CC(C)(C)c1cn(C[C@@H]2CCCN(C(=O)C3CCCCCC3)C2)nn1. The number of aromatic nitrogens is 3. The molecule has 5 nitrogen and oxygen atoms in total. The maximum atomic E-state index is 12.9. The molecule has 0 bridgehead atoms. The van der Waals surface area contributed by atoms with Gasteiger partial charge in [-0.2, -0.15) is 0 Å². The van der Waals surface area contributed by atoms with Crippen LogP contribution < -0.4 is 0 Å². The molecule has 25 heavy (non-hydrogen) atoms. The van der Waals surface area contributed by atoms with Crippen LogP contribution in [0.3, 0.4) is 0 Å². The highest BCUT2D eigenvalue weighted by Gasteiger charge is 2.29. The summed E-state index contributed by atoms with van der Waals surface area (Å²) in [6.07, 6.45) is 11.6. The molecule has 140 valence electrons. The van der Waals surface area contributed by atoms with Gasteiger partial charge in [0.25, 0.3) is 0 Å². The predicted molar refractivity (Wildman–Crippen MR) is 99.2 cm³/mol. The van der Waals surface area contributed by atoms with Crippen LogP contribution in [0.2, 0.25) is 0 Å². The molecule has 1 aliphatic heterocycles. The van der Waals surface area contributed by atoms with Gasteiger partial charge >= 0.3 is 0 Å². The molecule has 1 amide bonds. The predicted octanol–water partition coefficient (Wildman–Crippen LogP) is 3.78. The van der Waals surface area contributed by atoms with Gasteiger partial charge in [-0.15, -0.1) is 5.10 Å². The summed E-state index contributed by atoms with van der Waals surface area (Å²) in [7, 11) is 0. The van der Waals surface area contributed by atoms with Crippen molar-refractivity contribution in [2.45, 2.75) is 84.1 Å². The zero-order chi connectivity index (χ0) is 17.9. The van der Waals surface area contributed by atoms with Crippen LogP contribution in [0, 0.1) is 11.8 Å². The van der Waals surface area contributed by atoms with Crippen molar-refractivity contribution < 1.29 is 4.79 Å². The summed E-state index contributed by atoms with van der Waals surface area (Å²) in [4.78, 5) is 15.1. The van der Waals surface area contributed by atoms with E-state index in [1.54, 1.807) is 0 Å². The van der Waals surface area contributed by atoms with Gasteiger partial charge < -0.3 is 4.90 Å². The third kappa shape index (κ3) is 4.83. The van der Waals surface area contributed by atoms with E-state index >= 15 is 0 Å². The van der Waals surface area contributed by atoms with E-state index in [4.69, 9.17) is 0 Å². The molecule has 1 saturated carbocycles. The van der Waals surface area contributed by atoms with Crippen LogP contribution in [0.5, 0.6) is 0 Å². The van der Waals surface area contributed by atoms with Gasteiger partial charge in [0, 0.05) is 37.2 Å². The molecule has 1 aromatic heterocycles. The second-order valence-electron chi connectivity index (χ2n) is 9.06. The fourth-order valence-electron chi connectivity index (χ4n) is 4.19. The van der Waals surface area contributed by atoms with E-state index in [9.17, 15) is 4.79 Å². The van der Waals surface area contributed by atoms with Crippen LogP contribution in [0.4, 0.5) is 0 Å². The maximum absolute atomic E-state index is 12.9. The average molecular weight is 347 g/mol. The highest BCUT2D eigenvalue weighted by Crippen LogP contribution is 2.27. The minimum Gasteiger partial charge on any atom is -0.342 e. The van der Waals surface area contributed by atoms with Gasteiger partial charge in [0.05, 0.1) is 5.69 Å². The van der Waals surface area contributed by atoms with Crippen molar-refractivity contribution in [3.05, 3.63) is 11.9 Å². The molecule has 5 heteroatoms. The third-order valence-electron chi connectivity index (χ3n) is 5.79. The van der Waals surface area contributed by atoms with E-state index in [-0.39, 0.29) is 11.3 Å². The van der Waals surface area contributed by atoms with Gasteiger partial charge in [-0.05, 0) is 31.6 Å². The van der Waals surface area contributed by atoms with Gasteiger partial charge in [0.1, 0.15) is 0 Å². The molecule has 2 heterocycles. The Labute approximate surface area is 152 Å². The Hall–Kier alpha value is -1.39. The van der Waals surface area contributed by atoms with E-state index in [2.05, 4.69) is 42.2 Å². The average Bonchev–Trinajstić information content (AvgIpc) is 2.89. The van der Waals surface area contributed by atoms with Crippen molar-refractivity contribution in [1.29, 1.82) is 0 Å². The number of carbonyl (C=O) groups excluding carboxylic acids is 1. The molecule has 1 aromatic rings. The normalized spacial score (nSPS) is 23.5. The molecule has 0 unspecified atom stereocenters. The summed E-state index contributed by atoms with van der Waals surface area (Å²) < 4.78 is 1.98. The lowest BCUT2D eigenvalue weighted by molar-refractivity contribution is -0.138. The Morgan fingerprint density at radius 2 is 1.84 bits per heavy atom. The molecule has 1 saturated heterocycles. The lowest BCUT2D eigenvalue weighted by atomic mass is 9.93. The Balaban J connectivity index is 1.57. The highest BCUT2D eigenvalue weighted by atomic mass is 16.2. The number of hydrogen-bond acceptors (Lipinski definition) is 3. The van der Waals surface area contributed by atoms with Crippen molar-refractivity contribution >= 4 is 5.91 Å². The summed E-state index contributed by atoms with van der Waals surface area (Å²) in [6, 6.07) is 0. The Morgan fingerprint density at radius 1 is 1.12 bits per heavy atom. The Morgan fingerprint density at radius 3 is 2.48 bits per heavy atom. The lowest BCUT2D eigenvalue weighted by Gasteiger charge is -2.34. The minimum atomic E-state index is 0.0340. The van der Waals surface area contributed by atoms with Crippen molar-refractivity contribution in [2.24, 2.45) is 11.8 Å². The highest BCUT2D eigenvalue weighted by molar-refractivity contribution is 5.79. The molecular weight excluding hydrogens is 312 g/mol. The fraction of sp³-hybridized carbons (Fsp3) is 0.850. The molecule has 0 N–H and O–H groups in total. The smallest absolute Gasteiger partial charge is 0.225 e. The standard InChI is InChI=1S/C20H34N4O/c1-20(2,3)18-15-24(22-21-18)14-16-9-8-12-23(13-16)19(25)17-10-6-4-5-7-11-17/h15-17H,4-14H2,1-3H3/t16-/m1/s1. The summed E-state index contributed by atoms with van der Waals surface area (Å²) in [6.45, 7) is 9.19. The molecule has 3 rings (SSSR count). The van der Waals surface area contributed by atoms with Crippen LogP contribution in [0.1, 0.15) is 77.8 Å². The first-order valence-corrected chi connectivity index (χ1v) is 10.1. The number of carbonyl (C=O) groups is 1. The van der Waals surface area contributed by atoms with Crippen molar-refractivity contribution in [3.8, 4) is 0 Å². The summed E-state index contributed by atoms with van der Waals surface area (Å²) in [5, 5.41) is 8.64. The summed E-state index contributed by atoms with van der Waals surface area (Å²) in [5.41, 5.74) is 1.07. The number of hydrogen-bond donors (Lipinski definition) is 0. The lowest BCUT2D eigenvalue weighted by Crippen LogP contribution is -2.44. The number of nitrogens with zero attached hydrogens (tertiary/aromatic N) is 4. The first-order valence-electron chi connectivity index (χ1n) is 10.1. The molecule has 2 aliphatic rings. The van der Waals surface area contributed by atoms with Gasteiger partial charge in [-0.1, -0.05) is 51.7 Å². The number of piperidine rings is 1. The Kier molecular flexibility index (Phi) is 5.80. The molecule has 0 aromatic carbocycles. The summed E-state index contributed by atoms with van der Waals surface area (Å²) in [5.74, 6) is 1.19. The summed E-state index contributed by atoms with van der Waals surface area (Å²) >= 11 is 0. The largest absolute Gasteiger partial charge is 0.342 e. The monoisotopic (exact) mass is 346 g/mol. The molecule has 0 spiro atoms. The second kappa shape index (κ2) is 7.88. The van der Waals surface area contributed by atoms with Crippen molar-refractivity contribution in [3.63, 3.8) is 0 Å². The quantitative estimate of drug-likeness (QED) is 0.783. The first-order chi connectivity index (χ1) is 11.9. The third-order valence-corrected chi connectivity index (χ3v) is 5.79. The van der Waals surface area contributed by atoms with E-state index in [0.29, 0.717) is 11.8 Å². The minimum absolute atomic E-state index is 0.0340. The van der Waals surface area contributed by atoms with Crippen LogP contribution >= 0.6 is 0 Å². The van der Waals surface area contributed by atoms with E-state index in [0.717, 1.165) is 44.6 Å². The maximum Gasteiger partial charge on any atom is 0.225 e. The molecular formula is C20H34N4O. The van der Waals surface area contributed by atoms with Crippen LogP contribution in [0.15, 0.2) is 6.20 Å². The topological polar surface area (TPSA) is 51.0 Å². The van der Waals surface area contributed by atoms with Crippen LogP contribution in [-0.4, -0.2) is 38.9 Å². The van der Waals surface area contributed by atoms with Gasteiger partial charge in [-0.25, -0.2) is 0 Å². The van der Waals surface area contributed by atoms with E-state index < -0.39 is 0 Å². The number of rotatable bonds is 3. The molecule has 1 aliphatic carbocycles. The molecule has 0 radical (unpaired) electrons. The zero-order valence-corrected chi connectivity index (χ0v) is 16.2. The van der Waals surface area contributed by atoms with E-state index in [1.165, 1.54) is 32.1 Å². The number of amides is 1. The van der Waals surface area contributed by atoms with Gasteiger partial charge in [0.2, 0.25) is 5.91 Å². The van der Waals surface area contributed by atoms with Gasteiger partial charge in [0.15, 0.2) is 0 Å². The van der Waals surface area contributed by atoms with Gasteiger partial charge in [-0.3, -0.25) is 9.48 Å². The second-order valence-corrected chi connectivity index (χ2v) is 9.06. The van der Waals surface area contributed by atoms with Crippen molar-refractivity contribution in [2.75, 3.05) is 13.1 Å². The fourth-order valence-corrected chi connectivity index (χ4v) is 4.19.